The van der Waals surface area contributed by atoms with E-state index in [0.29, 0.717) is 50.6 Å². The van der Waals surface area contributed by atoms with E-state index in [0.717, 1.165) is 0 Å². The van der Waals surface area contributed by atoms with Gasteiger partial charge in [0.1, 0.15) is 18.7 Å². The molecule has 22 heteroatoms. The van der Waals surface area contributed by atoms with Gasteiger partial charge >= 0.3 is 12.1 Å². The zero-order chi connectivity index (χ0) is 49.9. The Bertz CT molecular complexity index is 1680. The zero-order valence-electron chi connectivity index (χ0n) is 40.5. The molecule has 1 heterocycles. The van der Waals surface area contributed by atoms with E-state index < -0.39 is 48.3 Å². The van der Waals surface area contributed by atoms with Gasteiger partial charge in [-0.05, 0) is 63.3 Å². The molecule has 8 amide bonds. The average Bonchev–Trinajstić information content (AvgIpc) is 3.56. The molecule has 67 heavy (non-hydrogen) atoms. The molecule has 22 nitrogen and oxygen atoms in total. The van der Waals surface area contributed by atoms with Gasteiger partial charge in [-0.15, -0.1) is 0 Å². The number of nitrogens with zero attached hydrogens (tertiary/aromatic N) is 3. The van der Waals surface area contributed by atoms with E-state index >= 15 is 0 Å². The molecular weight excluding hydrogens is 877 g/mol. The molecule has 0 radical (unpaired) electrons. The van der Waals surface area contributed by atoms with Gasteiger partial charge in [-0.2, -0.15) is 0 Å². The number of hydrogen-bond acceptors (Lipinski definition) is 15. The molecule has 0 aromatic heterocycles. The molecule has 0 saturated carbocycles. The fraction of sp³-hybridized carbons (Fsp3) is 0.711. The molecule has 7 N–H and O–H groups in total. The average molecular weight is 953 g/mol. The van der Waals surface area contributed by atoms with Crippen LogP contribution in [0.15, 0.2) is 24.3 Å². The van der Waals surface area contributed by atoms with Crippen LogP contribution in [0.25, 0.3) is 0 Å². The highest BCUT2D eigenvalue weighted by Crippen LogP contribution is 2.26. The van der Waals surface area contributed by atoms with Gasteiger partial charge in [0.25, 0.3) is 0 Å². The summed E-state index contributed by atoms with van der Waals surface area (Å²) in [6.45, 7) is 14.1. The second-order valence-corrected chi connectivity index (χ2v) is 17.1. The molecule has 380 valence electrons. The number of primary amides is 1. The number of likely N-dealkylation sites (tertiary alicyclic amines) is 1. The van der Waals surface area contributed by atoms with Crippen LogP contribution < -0.4 is 27.0 Å². The summed E-state index contributed by atoms with van der Waals surface area (Å²) in [6.07, 6.45) is -1.16. The van der Waals surface area contributed by atoms with Gasteiger partial charge in [0.05, 0.1) is 65.5 Å². The van der Waals surface area contributed by atoms with Crippen LogP contribution in [0, 0.1) is 17.8 Å². The Hall–Kier alpha value is -4.97. The molecule has 0 spiro atoms. The van der Waals surface area contributed by atoms with E-state index in [9.17, 15) is 38.7 Å². The van der Waals surface area contributed by atoms with Crippen molar-refractivity contribution >= 4 is 47.3 Å². The largest absolute Gasteiger partial charge is 0.445 e. The molecule has 0 aliphatic carbocycles. The first-order valence-corrected chi connectivity index (χ1v) is 22.9. The number of nitrogens with two attached hydrogens (primary N) is 1. The predicted octanol–water partition coefficient (Wildman–Crippen LogP) is 1.39. The highest BCUT2D eigenvalue weighted by Gasteiger charge is 2.39. The molecule has 1 saturated heterocycles. The molecule has 1 fully saturated rings. The Morgan fingerprint density at radius 1 is 0.821 bits per heavy atom. The molecule has 1 aliphatic rings. The van der Waals surface area contributed by atoms with E-state index in [-0.39, 0.29) is 108 Å². The number of nitrogens with one attached hydrogen (secondary N) is 4. The third kappa shape index (κ3) is 23.5. The highest BCUT2D eigenvalue weighted by molar-refractivity contribution is 6.03. The molecule has 1 aromatic rings. The van der Waals surface area contributed by atoms with E-state index in [2.05, 4.69) is 21.3 Å². The van der Waals surface area contributed by atoms with Crippen LogP contribution in [0.2, 0.25) is 0 Å². The van der Waals surface area contributed by atoms with Gasteiger partial charge < -0.3 is 65.4 Å². The smallest absolute Gasteiger partial charge is 0.409 e. The molecule has 4 atom stereocenters. The summed E-state index contributed by atoms with van der Waals surface area (Å²) in [5.74, 6) is -2.30. The second-order valence-electron chi connectivity index (χ2n) is 17.1. The maximum atomic E-state index is 13.5. The number of ether oxygens (including phenoxy) is 6. The van der Waals surface area contributed by atoms with Crippen LogP contribution >= 0.6 is 0 Å². The number of hydrogen-bond donors (Lipinski definition) is 6. The first-order valence-electron chi connectivity index (χ1n) is 22.9. The minimum atomic E-state index is -1.10. The van der Waals surface area contributed by atoms with E-state index in [1.54, 1.807) is 71.0 Å². The lowest BCUT2D eigenvalue weighted by Crippen LogP contribution is -2.54. The Morgan fingerprint density at radius 2 is 1.42 bits per heavy atom. The lowest BCUT2D eigenvalue weighted by molar-refractivity contribution is -0.203. The van der Waals surface area contributed by atoms with Gasteiger partial charge in [-0.1, -0.05) is 39.8 Å². The van der Waals surface area contributed by atoms with Crippen molar-refractivity contribution in [2.75, 3.05) is 98.4 Å². The molecule has 2 rings (SSSR count). The number of imide groups is 1. The first-order chi connectivity index (χ1) is 31.8. The summed E-state index contributed by atoms with van der Waals surface area (Å²) < 4.78 is 32.8. The Balaban J connectivity index is 1.73. The van der Waals surface area contributed by atoms with Crippen molar-refractivity contribution in [2.45, 2.75) is 98.4 Å². The lowest BCUT2D eigenvalue weighted by atomic mass is 9.94. The monoisotopic (exact) mass is 953 g/mol. The fourth-order valence-electron chi connectivity index (χ4n) is 6.40. The summed E-state index contributed by atoms with van der Waals surface area (Å²) in [6, 6.07) is 3.86. The number of carbonyl (C=O) groups excluding carboxylic acids is 7. The molecule has 1 aliphatic heterocycles. The standard InChI is InChI=1S/C45H76N8O14/c1-30(2)35-28-38(55)53(42(35)58)19-21-63-23-25-65-27-26-64-24-22-62-20-15-37(54)50-39(31(3)4)41(57)49-36(10-9-16-47-43(46)59)40(56)48-34-13-11-33(12-14-34)29-66-44(60)51(7)17-18-52(8)45(61)67-32(5)6/h11-14,30-32,35-36,39,45,61H,9-10,15-29H2,1-8H3,(H,48,56)(H,49,57)(H,50,54)(H3,46,47,59)/t35?,36-,39+,45?/m0/s1. The van der Waals surface area contributed by atoms with E-state index in [1.165, 1.54) is 9.80 Å². The van der Waals surface area contributed by atoms with Gasteiger partial charge in [-0.25, -0.2) is 9.59 Å². The van der Waals surface area contributed by atoms with Crippen molar-refractivity contribution in [1.29, 1.82) is 0 Å². The molecule has 2 unspecified atom stereocenters. The predicted molar refractivity (Wildman–Crippen MR) is 246 cm³/mol. The number of rotatable bonds is 34. The Labute approximate surface area is 394 Å². The normalized spacial score (nSPS) is 15.2. The maximum absolute atomic E-state index is 13.5. The third-order valence-electron chi connectivity index (χ3n) is 10.5. The van der Waals surface area contributed by atoms with Crippen LogP contribution in [-0.4, -0.2) is 179 Å². The zero-order valence-corrected chi connectivity index (χ0v) is 40.5. The number of likely N-dealkylation sites (N-methyl/N-ethyl adjacent to an activating group) is 2. The first kappa shape index (κ1) is 58.2. The SMILES string of the molecule is CC(C)OC(O)N(C)CCN(C)C(=O)OCc1ccc(NC(=O)[C@H](CCCNC(N)=O)NC(=O)[C@H](NC(=O)CCOCCOCCOCCOCCN2C(=O)CC(C(C)C)C2=O)C(C)C)cc1. The number of urea groups is 1. The van der Waals surface area contributed by atoms with Gasteiger partial charge in [0.15, 0.2) is 0 Å². The fourth-order valence-corrected chi connectivity index (χ4v) is 6.40. The maximum Gasteiger partial charge on any atom is 0.409 e. The van der Waals surface area contributed by atoms with Crippen LogP contribution in [0.5, 0.6) is 0 Å². The van der Waals surface area contributed by atoms with Crippen LogP contribution in [0.1, 0.15) is 72.8 Å². The lowest BCUT2D eigenvalue weighted by Gasteiger charge is -2.26. The number of amides is 8. The van der Waals surface area contributed by atoms with Crippen molar-refractivity contribution in [3.63, 3.8) is 0 Å². The van der Waals surface area contributed by atoms with Crippen molar-refractivity contribution in [3.8, 4) is 0 Å². The summed E-state index contributed by atoms with van der Waals surface area (Å²) in [7, 11) is 3.25. The van der Waals surface area contributed by atoms with Crippen molar-refractivity contribution in [1.82, 2.24) is 30.7 Å². The second kappa shape index (κ2) is 31.9. The number of anilines is 1. The summed E-state index contributed by atoms with van der Waals surface area (Å²) in [4.78, 5) is 92.3. The third-order valence-corrected chi connectivity index (χ3v) is 10.5. The summed E-state index contributed by atoms with van der Waals surface area (Å²) in [5.41, 5.74) is 6.25. The van der Waals surface area contributed by atoms with Gasteiger partial charge in [0, 0.05) is 51.1 Å². The minimum absolute atomic E-state index is 0.0242. The summed E-state index contributed by atoms with van der Waals surface area (Å²) >= 11 is 0. The van der Waals surface area contributed by atoms with Gasteiger partial charge in [0.2, 0.25) is 35.9 Å². The quantitative estimate of drug-likeness (QED) is 0.0324. The summed E-state index contributed by atoms with van der Waals surface area (Å²) in [5, 5.41) is 20.8. The van der Waals surface area contributed by atoms with E-state index in [1.807, 2.05) is 13.8 Å². The molecular formula is C45H76N8O14. The van der Waals surface area contributed by atoms with Crippen LogP contribution in [-0.2, 0) is 59.0 Å². The van der Waals surface area contributed by atoms with Crippen molar-refractivity contribution < 1.29 is 67.1 Å². The number of carbonyl (C=O) groups is 7. The topological polar surface area (TPSA) is 279 Å². The minimum Gasteiger partial charge on any atom is -0.445 e. The van der Waals surface area contributed by atoms with E-state index in [4.69, 9.17) is 34.2 Å². The Kier molecular flexibility index (Phi) is 27.7. The molecule has 0 bridgehead atoms. The number of aliphatic hydroxyl groups is 1. The van der Waals surface area contributed by atoms with Crippen LogP contribution in [0.3, 0.4) is 0 Å². The number of aliphatic hydroxyl groups excluding tert-OH is 1. The van der Waals surface area contributed by atoms with Crippen molar-refractivity contribution in [2.24, 2.45) is 23.5 Å². The van der Waals surface area contributed by atoms with Crippen molar-refractivity contribution in [3.05, 3.63) is 29.8 Å². The van der Waals surface area contributed by atoms with Gasteiger partial charge in [-0.3, -0.25) is 33.8 Å². The van der Waals surface area contributed by atoms with Crippen LogP contribution in [0.4, 0.5) is 15.3 Å². The molecule has 1 aromatic carbocycles. The Morgan fingerprint density at radius 3 is 1.97 bits per heavy atom. The number of benzene rings is 1. The highest BCUT2D eigenvalue weighted by atomic mass is 16.6.